The van der Waals surface area contributed by atoms with Gasteiger partial charge in [-0.2, -0.15) is 0 Å². The average molecular weight is 224 g/mol. The van der Waals surface area contributed by atoms with Crippen LogP contribution < -0.4 is 16.2 Å². The molecule has 0 radical (unpaired) electrons. The summed E-state index contributed by atoms with van der Waals surface area (Å²) in [4.78, 5) is 0. The zero-order chi connectivity index (χ0) is 11.7. The van der Waals surface area contributed by atoms with Gasteiger partial charge in [-0.25, -0.2) is 4.39 Å². The van der Waals surface area contributed by atoms with E-state index in [1.54, 1.807) is 6.07 Å². The summed E-state index contributed by atoms with van der Waals surface area (Å²) in [6.45, 7) is 0. The van der Waals surface area contributed by atoms with E-state index < -0.39 is 0 Å². The van der Waals surface area contributed by atoms with E-state index in [1.165, 1.54) is 13.2 Å². The van der Waals surface area contributed by atoms with Crippen molar-refractivity contribution in [2.24, 2.45) is 17.4 Å². The molecular formula is C12H17FN2O. The van der Waals surface area contributed by atoms with Gasteiger partial charge in [0.15, 0.2) is 11.6 Å². The lowest BCUT2D eigenvalue weighted by atomic mass is 9.74. The first-order valence-corrected chi connectivity index (χ1v) is 5.46. The van der Waals surface area contributed by atoms with Gasteiger partial charge in [0.05, 0.1) is 7.11 Å². The van der Waals surface area contributed by atoms with Crippen molar-refractivity contribution < 1.29 is 9.13 Å². The fourth-order valence-corrected chi connectivity index (χ4v) is 2.16. The number of hydrogen-bond acceptors (Lipinski definition) is 3. The predicted molar refractivity (Wildman–Crippen MR) is 60.6 cm³/mol. The summed E-state index contributed by atoms with van der Waals surface area (Å²) in [7, 11) is 1.45. The molecule has 0 bridgehead atoms. The minimum absolute atomic E-state index is 0.125. The molecule has 1 fully saturated rings. The second-order valence-electron chi connectivity index (χ2n) is 4.41. The van der Waals surface area contributed by atoms with Crippen LogP contribution in [-0.4, -0.2) is 13.2 Å². The Hall–Kier alpha value is -1.13. The maximum atomic E-state index is 13.5. The van der Waals surface area contributed by atoms with Crippen molar-refractivity contribution in [1.82, 2.24) is 0 Å². The number of halogens is 1. The molecule has 0 heterocycles. The molecule has 1 aliphatic carbocycles. The minimum Gasteiger partial charge on any atom is -0.494 e. The number of hydrogen-bond donors (Lipinski definition) is 2. The lowest BCUT2D eigenvalue weighted by molar-refractivity contribution is 0.223. The summed E-state index contributed by atoms with van der Waals surface area (Å²) < 4.78 is 18.3. The molecule has 4 heteroatoms. The van der Waals surface area contributed by atoms with Crippen molar-refractivity contribution in [2.75, 3.05) is 7.11 Å². The molecule has 1 unspecified atom stereocenters. The summed E-state index contributed by atoms with van der Waals surface area (Å²) in [5.74, 6) is 0.267. The standard InChI is InChI=1S/C12H17FN2O/c1-16-11-3-2-7(6-10(11)13)12(15)8-4-9(14)5-8/h2-3,6,8-9,12H,4-5,14-15H2,1H3. The third-order valence-corrected chi connectivity index (χ3v) is 3.28. The normalized spacial score (nSPS) is 26.0. The Labute approximate surface area is 94.6 Å². The van der Waals surface area contributed by atoms with Gasteiger partial charge >= 0.3 is 0 Å². The summed E-state index contributed by atoms with van der Waals surface area (Å²) in [6, 6.07) is 5.02. The zero-order valence-corrected chi connectivity index (χ0v) is 9.32. The smallest absolute Gasteiger partial charge is 0.165 e. The fraction of sp³-hybridized carbons (Fsp3) is 0.500. The van der Waals surface area contributed by atoms with E-state index in [0.29, 0.717) is 5.92 Å². The van der Waals surface area contributed by atoms with E-state index in [4.69, 9.17) is 16.2 Å². The molecular weight excluding hydrogens is 207 g/mol. The molecule has 0 aromatic heterocycles. The predicted octanol–water partition coefficient (Wildman–Crippen LogP) is 1.57. The Kier molecular flexibility index (Phi) is 3.12. The Balaban J connectivity index is 2.11. The average Bonchev–Trinajstić information content (AvgIpc) is 2.24. The molecule has 3 nitrogen and oxygen atoms in total. The van der Waals surface area contributed by atoms with Crippen LogP contribution in [0.3, 0.4) is 0 Å². The summed E-state index contributed by atoms with van der Waals surface area (Å²) in [6.07, 6.45) is 1.85. The highest BCUT2D eigenvalue weighted by atomic mass is 19.1. The van der Waals surface area contributed by atoms with E-state index in [2.05, 4.69) is 0 Å². The number of benzene rings is 1. The van der Waals surface area contributed by atoms with Crippen LogP contribution in [-0.2, 0) is 0 Å². The summed E-state index contributed by atoms with van der Waals surface area (Å²) in [5.41, 5.74) is 12.6. The molecule has 0 saturated heterocycles. The molecule has 0 spiro atoms. The van der Waals surface area contributed by atoms with E-state index in [0.717, 1.165) is 18.4 Å². The fourth-order valence-electron chi connectivity index (χ4n) is 2.16. The second kappa shape index (κ2) is 4.39. The quantitative estimate of drug-likeness (QED) is 0.819. The highest BCUT2D eigenvalue weighted by Gasteiger charge is 2.31. The number of methoxy groups -OCH3 is 1. The van der Waals surface area contributed by atoms with Crippen LogP contribution >= 0.6 is 0 Å². The van der Waals surface area contributed by atoms with E-state index >= 15 is 0 Å². The van der Waals surface area contributed by atoms with Crippen LogP contribution in [0.4, 0.5) is 4.39 Å². The topological polar surface area (TPSA) is 61.3 Å². The van der Waals surface area contributed by atoms with Crippen molar-refractivity contribution in [3.8, 4) is 5.75 Å². The molecule has 1 aliphatic rings. The summed E-state index contributed by atoms with van der Waals surface area (Å²) >= 11 is 0. The first kappa shape index (κ1) is 11.4. The van der Waals surface area contributed by atoms with Gasteiger partial charge in [-0.1, -0.05) is 6.07 Å². The number of ether oxygens (including phenoxy) is 1. The van der Waals surface area contributed by atoms with Crippen molar-refractivity contribution in [1.29, 1.82) is 0 Å². The highest BCUT2D eigenvalue weighted by molar-refractivity contribution is 5.31. The van der Waals surface area contributed by atoms with Crippen LogP contribution in [0.2, 0.25) is 0 Å². The van der Waals surface area contributed by atoms with Crippen molar-refractivity contribution >= 4 is 0 Å². The largest absolute Gasteiger partial charge is 0.494 e. The Morgan fingerprint density at radius 3 is 2.62 bits per heavy atom. The molecule has 1 aromatic carbocycles. The first-order valence-electron chi connectivity index (χ1n) is 5.46. The molecule has 16 heavy (non-hydrogen) atoms. The van der Waals surface area contributed by atoms with Gasteiger partial charge in [-0.3, -0.25) is 0 Å². The number of nitrogens with two attached hydrogens (primary N) is 2. The lowest BCUT2D eigenvalue weighted by Gasteiger charge is -2.36. The highest BCUT2D eigenvalue weighted by Crippen LogP contribution is 2.36. The summed E-state index contributed by atoms with van der Waals surface area (Å²) in [5, 5.41) is 0. The van der Waals surface area contributed by atoms with Gasteiger partial charge in [0.2, 0.25) is 0 Å². The third-order valence-electron chi connectivity index (χ3n) is 3.28. The van der Waals surface area contributed by atoms with Crippen molar-refractivity contribution in [3.63, 3.8) is 0 Å². The molecule has 1 saturated carbocycles. The van der Waals surface area contributed by atoms with Crippen LogP contribution in [0.25, 0.3) is 0 Å². The van der Waals surface area contributed by atoms with Crippen LogP contribution in [0.5, 0.6) is 5.75 Å². The third kappa shape index (κ3) is 2.03. The van der Waals surface area contributed by atoms with E-state index in [9.17, 15) is 4.39 Å². The Morgan fingerprint density at radius 2 is 2.12 bits per heavy atom. The van der Waals surface area contributed by atoms with E-state index in [1.807, 2.05) is 6.07 Å². The van der Waals surface area contributed by atoms with Crippen molar-refractivity contribution in [3.05, 3.63) is 29.6 Å². The molecule has 1 atom stereocenters. The first-order chi connectivity index (χ1) is 7.61. The monoisotopic (exact) mass is 224 g/mol. The van der Waals surface area contributed by atoms with Gasteiger partial charge in [0.25, 0.3) is 0 Å². The van der Waals surface area contributed by atoms with Gasteiger partial charge < -0.3 is 16.2 Å². The molecule has 0 aliphatic heterocycles. The van der Waals surface area contributed by atoms with Crippen LogP contribution in [0, 0.1) is 11.7 Å². The van der Waals surface area contributed by atoms with Gasteiger partial charge in [0.1, 0.15) is 0 Å². The number of rotatable bonds is 3. The van der Waals surface area contributed by atoms with Crippen LogP contribution in [0.15, 0.2) is 18.2 Å². The zero-order valence-electron chi connectivity index (χ0n) is 9.32. The SMILES string of the molecule is COc1ccc(C(N)C2CC(N)C2)cc1F. The molecule has 88 valence electrons. The maximum Gasteiger partial charge on any atom is 0.165 e. The Morgan fingerprint density at radius 1 is 1.44 bits per heavy atom. The maximum absolute atomic E-state index is 13.5. The molecule has 1 aromatic rings. The minimum atomic E-state index is -0.362. The van der Waals surface area contributed by atoms with Crippen molar-refractivity contribution in [2.45, 2.75) is 24.9 Å². The lowest BCUT2D eigenvalue weighted by Crippen LogP contribution is -2.41. The molecule has 2 rings (SSSR count). The van der Waals surface area contributed by atoms with Gasteiger partial charge in [-0.05, 0) is 36.5 Å². The second-order valence-corrected chi connectivity index (χ2v) is 4.41. The van der Waals surface area contributed by atoms with Gasteiger partial charge in [0, 0.05) is 12.1 Å². The van der Waals surface area contributed by atoms with E-state index in [-0.39, 0.29) is 23.7 Å². The molecule has 4 N–H and O–H groups in total. The van der Waals surface area contributed by atoms with Crippen LogP contribution in [0.1, 0.15) is 24.4 Å². The molecule has 0 amide bonds. The van der Waals surface area contributed by atoms with Gasteiger partial charge in [-0.15, -0.1) is 0 Å². The Bertz CT molecular complexity index is 377.